The molecule has 0 amide bonds. The third-order valence-corrected chi connectivity index (χ3v) is 4.83. The summed E-state index contributed by atoms with van der Waals surface area (Å²) >= 11 is 0. The van der Waals surface area contributed by atoms with Gasteiger partial charge < -0.3 is 5.11 Å². The molecule has 3 aromatic rings. The van der Waals surface area contributed by atoms with Crippen molar-refractivity contribution in [1.82, 2.24) is 9.13 Å². The molecule has 0 spiro atoms. The van der Waals surface area contributed by atoms with Crippen LogP contribution in [0.5, 0.6) is 0 Å². The Kier molecular flexibility index (Phi) is 6.50. The molecule has 150 valence electrons. The Balaban J connectivity index is 1.92. The van der Waals surface area contributed by atoms with Crippen LogP contribution in [0, 0.1) is 0 Å². The second-order valence-electron chi connectivity index (χ2n) is 6.97. The van der Waals surface area contributed by atoms with Crippen molar-refractivity contribution in [1.29, 1.82) is 0 Å². The van der Waals surface area contributed by atoms with Crippen molar-refractivity contribution in [3.63, 3.8) is 0 Å². The van der Waals surface area contributed by atoms with E-state index in [1.807, 2.05) is 54.7 Å². The second kappa shape index (κ2) is 9.24. The molecule has 0 unspecified atom stereocenters. The van der Waals surface area contributed by atoms with Crippen molar-refractivity contribution < 1.29 is 9.90 Å². The lowest BCUT2D eigenvalue weighted by Gasteiger charge is -2.09. The fraction of sp³-hybridized carbons (Fsp3) is 0.250. The number of benzene rings is 2. The highest BCUT2D eigenvalue weighted by atomic mass is 16.4. The molecule has 5 nitrogen and oxygen atoms in total. The number of rotatable bonds is 8. The molecule has 3 rings (SSSR count). The van der Waals surface area contributed by atoms with E-state index in [4.69, 9.17) is 0 Å². The molecular weight excluding hydrogens is 364 g/mol. The summed E-state index contributed by atoms with van der Waals surface area (Å²) in [6, 6.07) is 14.7. The van der Waals surface area contributed by atoms with Crippen LogP contribution in [0.3, 0.4) is 0 Å². The van der Waals surface area contributed by atoms with E-state index in [0.717, 1.165) is 29.7 Å². The summed E-state index contributed by atoms with van der Waals surface area (Å²) in [5.74, 6) is -0.944. The Morgan fingerprint density at radius 1 is 1.07 bits per heavy atom. The highest BCUT2D eigenvalue weighted by Gasteiger charge is 2.12. The molecule has 0 saturated heterocycles. The van der Waals surface area contributed by atoms with E-state index < -0.39 is 5.97 Å². The van der Waals surface area contributed by atoms with Gasteiger partial charge in [0.25, 0.3) is 0 Å². The van der Waals surface area contributed by atoms with Gasteiger partial charge in [-0.2, -0.15) is 0 Å². The predicted molar refractivity (Wildman–Crippen MR) is 116 cm³/mol. The molecule has 0 bridgehead atoms. The summed E-state index contributed by atoms with van der Waals surface area (Å²) in [6.45, 7) is 5.29. The summed E-state index contributed by atoms with van der Waals surface area (Å²) < 4.78 is 3.54. The topological polar surface area (TPSA) is 64.2 Å². The molecule has 0 atom stereocenters. The van der Waals surface area contributed by atoms with Crippen LogP contribution in [0.4, 0.5) is 0 Å². The Bertz CT molecular complexity index is 1070. The SMILES string of the molecule is CC/C=C/c1cn(CCC)c(=O)n1Cc1ccc(-c2ccccc2C(=O)O)cc1. The van der Waals surface area contributed by atoms with Gasteiger partial charge in [0, 0.05) is 12.7 Å². The maximum absolute atomic E-state index is 12.8. The lowest BCUT2D eigenvalue weighted by Crippen LogP contribution is -2.25. The molecule has 29 heavy (non-hydrogen) atoms. The van der Waals surface area contributed by atoms with Gasteiger partial charge in [-0.05, 0) is 41.7 Å². The molecule has 0 saturated carbocycles. The van der Waals surface area contributed by atoms with Crippen LogP contribution in [0.15, 0.2) is 65.6 Å². The molecule has 0 aliphatic rings. The zero-order valence-corrected chi connectivity index (χ0v) is 16.8. The first kappa shape index (κ1) is 20.4. The fourth-order valence-corrected chi connectivity index (χ4v) is 3.38. The number of nitrogens with zero attached hydrogens (tertiary/aromatic N) is 2. The monoisotopic (exact) mass is 390 g/mol. The first-order chi connectivity index (χ1) is 14.0. The van der Waals surface area contributed by atoms with Crippen molar-refractivity contribution in [3.05, 3.63) is 88.1 Å². The van der Waals surface area contributed by atoms with E-state index in [9.17, 15) is 14.7 Å². The first-order valence-corrected chi connectivity index (χ1v) is 9.93. The zero-order chi connectivity index (χ0) is 20.8. The predicted octanol–water partition coefficient (Wildman–Crippen LogP) is 4.90. The van der Waals surface area contributed by atoms with Gasteiger partial charge in [-0.15, -0.1) is 0 Å². The van der Waals surface area contributed by atoms with Gasteiger partial charge in [-0.25, -0.2) is 9.59 Å². The average molecular weight is 390 g/mol. The molecule has 5 heteroatoms. The minimum atomic E-state index is -0.944. The number of aromatic nitrogens is 2. The van der Waals surface area contributed by atoms with Crippen molar-refractivity contribution in [2.24, 2.45) is 0 Å². The van der Waals surface area contributed by atoms with E-state index in [1.165, 1.54) is 0 Å². The lowest BCUT2D eigenvalue weighted by atomic mass is 9.99. The quantitative estimate of drug-likeness (QED) is 0.595. The normalized spacial score (nSPS) is 11.2. The Morgan fingerprint density at radius 2 is 1.79 bits per heavy atom. The van der Waals surface area contributed by atoms with Crippen LogP contribution >= 0.6 is 0 Å². The molecule has 1 heterocycles. The second-order valence-corrected chi connectivity index (χ2v) is 6.97. The molecule has 0 fully saturated rings. The third-order valence-electron chi connectivity index (χ3n) is 4.83. The highest BCUT2D eigenvalue weighted by molar-refractivity contribution is 5.95. The number of aryl methyl sites for hydroxylation is 1. The van der Waals surface area contributed by atoms with Crippen molar-refractivity contribution in [2.75, 3.05) is 0 Å². The number of imidazole rings is 1. The van der Waals surface area contributed by atoms with Gasteiger partial charge in [0.15, 0.2) is 0 Å². The standard InChI is InChI=1S/C24H26N2O3/c1-3-5-8-20-17-25(15-4-2)24(29)26(20)16-18-11-13-19(14-12-18)21-9-6-7-10-22(21)23(27)28/h5-14,17H,3-4,15-16H2,1-2H3,(H,27,28)/b8-5+. The minimum absolute atomic E-state index is 0.0112. The van der Waals surface area contributed by atoms with Gasteiger partial charge in [0.1, 0.15) is 0 Å². The molecular formula is C24H26N2O3. The van der Waals surface area contributed by atoms with Crippen LogP contribution in [0.2, 0.25) is 0 Å². The zero-order valence-electron chi connectivity index (χ0n) is 16.8. The number of carbonyl (C=O) groups is 1. The summed E-state index contributed by atoms with van der Waals surface area (Å²) in [4.78, 5) is 24.3. The van der Waals surface area contributed by atoms with Gasteiger partial charge in [-0.3, -0.25) is 9.13 Å². The Hall–Kier alpha value is -3.34. The summed E-state index contributed by atoms with van der Waals surface area (Å²) in [5, 5.41) is 9.41. The van der Waals surface area contributed by atoms with Crippen molar-refractivity contribution >= 4 is 12.0 Å². The lowest BCUT2D eigenvalue weighted by molar-refractivity contribution is 0.0697. The van der Waals surface area contributed by atoms with E-state index in [0.29, 0.717) is 18.7 Å². The van der Waals surface area contributed by atoms with Gasteiger partial charge >= 0.3 is 11.7 Å². The minimum Gasteiger partial charge on any atom is -0.478 e. The number of aromatic carboxylic acids is 1. The van der Waals surface area contributed by atoms with Gasteiger partial charge in [-0.1, -0.05) is 62.4 Å². The number of hydrogen-bond donors (Lipinski definition) is 1. The van der Waals surface area contributed by atoms with E-state index in [-0.39, 0.29) is 11.3 Å². The first-order valence-electron chi connectivity index (χ1n) is 9.93. The highest BCUT2D eigenvalue weighted by Crippen LogP contribution is 2.24. The summed E-state index contributed by atoms with van der Waals surface area (Å²) in [6.07, 6.45) is 7.76. The molecule has 0 aliphatic carbocycles. The Morgan fingerprint density at radius 3 is 2.45 bits per heavy atom. The fourth-order valence-electron chi connectivity index (χ4n) is 3.38. The number of allylic oxidation sites excluding steroid dienone is 1. The average Bonchev–Trinajstić information content (AvgIpc) is 3.02. The van der Waals surface area contributed by atoms with E-state index >= 15 is 0 Å². The van der Waals surface area contributed by atoms with Crippen LogP contribution < -0.4 is 5.69 Å². The van der Waals surface area contributed by atoms with Crippen LogP contribution in [0.1, 0.15) is 48.3 Å². The largest absolute Gasteiger partial charge is 0.478 e. The van der Waals surface area contributed by atoms with Gasteiger partial charge in [0.2, 0.25) is 0 Å². The number of carboxylic acid groups (broad SMARTS) is 1. The van der Waals surface area contributed by atoms with Gasteiger partial charge in [0.05, 0.1) is 17.8 Å². The maximum atomic E-state index is 12.8. The van der Waals surface area contributed by atoms with Crippen molar-refractivity contribution in [2.45, 2.75) is 39.8 Å². The van der Waals surface area contributed by atoms with Crippen LogP contribution in [0.25, 0.3) is 17.2 Å². The van der Waals surface area contributed by atoms with E-state index in [2.05, 4.69) is 13.8 Å². The summed E-state index contributed by atoms with van der Waals surface area (Å²) in [7, 11) is 0. The Labute approximate surface area is 170 Å². The number of carboxylic acids is 1. The molecule has 0 aliphatic heterocycles. The van der Waals surface area contributed by atoms with E-state index in [1.54, 1.807) is 21.3 Å². The molecule has 1 aromatic heterocycles. The number of hydrogen-bond acceptors (Lipinski definition) is 2. The smallest absolute Gasteiger partial charge is 0.336 e. The van der Waals surface area contributed by atoms with Crippen LogP contribution in [-0.2, 0) is 13.1 Å². The molecule has 2 aromatic carbocycles. The molecule has 0 radical (unpaired) electrons. The van der Waals surface area contributed by atoms with Crippen molar-refractivity contribution in [3.8, 4) is 11.1 Å². The maximum Gasteiger partial charge on any atom is 0.336 e. The summed E-state index contributed by atoms with van der Waals surface area (Å²) in [5.41, 5.74) is 3.68. The molecule has 1 N–H and O–H groups in total. The third kappa shape index (κ3) is 4.57. The van der Waals surface area contributed by atoms with Crippen LogP contribution in [-0.4, -0.2) is 20.2 Å².